The lowest BCUT2D eigenvalue weighted by Gasteiger charge is -2.33. The fourth-order valence-electron chi connectivity index (χ4n) is 3.89. The first kappa shape index (κ1) is 15.2. The maximum Gasteiger partial charge on any atom is 0.138 e. The topological polar surface area (TPSA) is 26.3 Å². The molecule has 2 nitrogen and oxygen atoms in total. The first-order valence-corrected chi connectivity index (χ1v) is 8.61. The van der Waals surface area contributed by atoms with Crippen molar-refractivity contribution in [3.63, 3.8) is 0 Å². The summed E-state index contributed by atoms with van der Waals surface area (Å²) in [6.45, 7) is 6.54. The first-order chi connectivity index (χ1) is 9.88. The minimum absolute atomic E-state index is 0.0000301. The van der Waals surface area contributed by atoms with E-state index in [0.29, 0.717) is 11.7 Å². The lowest BCUT2D eigenvalue weighted by atomic mass is 9.69. The fraction of sp³-hybridized carbons (Fsp3) is 0.611. The Hall–Kier alpha value is -0.670. The zero-order valence-electron chi connectivity index (χ0n) is 12.9. The van der Waals surface area contributed by atoms with Crippen LogP contribution in [0.3, 0.4) is 0 Å². The highest BCUT2D eigenvalue weighted by molar-refractivity contribution is 9.10. The van der Waals surface area contributed by atoms with Crippen LogP contribution in [0.1, 0.15) is 51.7 Å². The number of halogens is 1. The van der Waals surface area contributed by atoms with E-state index in [4.69, 9.17) is 4.74 Å². The Kier molecular flexibility index (Phi) is 4.00. The second kappa shape index (κ2) is 5.51. The molecule has 1 heterocycles. The third-order valence-electron chi connectivity index (χ3n) is 4.85. The molecule has 2 aliphatic rings. The molecule has 3 heteroatoms. The Morgan fingerprint density at radius 1 is 1.19 bits per heavy atom. The average molecular weight is 351 g/mol. The molecular weight excluding hydrogens is 328 g/mol. The minimum atomic E-state index is 0.0000301. The highest BCUT2D eigenvalue weighted by Crippen LogP contribution is 2.52. The molecule has 0 bridgehead atoms. The van der Waals surface area contributed by atoms with Gasteiger partial charge in [-0.3, -0.25) is 4.79 Å². The van der Waals surface area contributed by atoms with Gasteiger partial charge in [0.05, 0.1) is 18.1 Å². The predicted octanol–water partition coefficient (Wildman–Crippen LogP) is 4.92. The maximum atomic E-state index is 12.5. The van der Waals surface area contributed by atoms with E-state index < -0.39 is 0 Å². The van der Waals surface area contributed by atoms with Crippen LogP contribution in [0, 0.1) is 17.3 Å². The largest absolute Gasteiger partial charge is 0.369 e. The third kappa shape index (κ3) is 2.83. The van der Waals surface area contributed by atoms with Gasteiger partial charge in [0.2, 0.25) is 0 Å². The number of ether oxygens (including phenoxy) is 1. The van der Waals surface area contributed by atoms with Crippen molar-refractivity contribution in [2.75, 3.05) is 0 Å². The van der Waals surface area contributed by atoms with Crippen molar-refractivity contribution < 1.29 is 9.53 Å². The summed E-state index contributed by atoms with van der Waals surface area (Å²) in [5.74, 6) is 0.829. The maximum absolute atomic E-state index is 12.5. The van der Waals surface area contributed by atoms with Crippen molar-refractivity contribution in [2.24, 2.45) is 17.3 Å². The molecule has 0 radical (unpaired) electrons. The summed E-state index contributed by atoms with van der Waals surface area (Å²) in [5, 5.41) is 0. The Bertz CT molecular complexity index is 529. The van der Waals surface area contributed by atoms with Crippen LogP contribution in [-0.4, -0.2) is 11.9 Å². The van der Waals surface area contributed by atoms with Gasteiger partial charge in [-0.25, -0.2) is 0 Å². The van der Waals surface area contributed by atoms with Crippen molar-refractivity contribution in [2.45, 2.75) is 52.2 Å². The second-order valence-electron chi connectivity index (χ2n) is 7.44. The van der Waals surface area contributed by atoms with Crippen molar-refractivity contribution in [1.29, 1.82) is 0 Å². The van der Waals surface area contributed by atoms with Crippen LogP contribution in [0.15, 0.2) is 28.7 Å². The highest BCUT2D eigenvalue weighted by atomic mass is 79.9. The van der Waals surface area contributed by atoms with E-state index in [1.165, 1.54) is 5.56 Å². The number of carbonyl (C=O) groups excluding carboxylic acids is 1. The monoisotopic (exact) mass is 350 g/mol. The molecule has 0 unspecified atom stereocenters. The Morgan fingerprint density at radius 3 is 2.48 bits per heavy atom. The van der Waals surface area contributed by atoms with E-state index in [1.54, 1.807) is 0 Å². The molecule has 4 atom stereocenters. The zero-order valence-corrected chi connectivity index (χ0v) is 14.5. The summed E-state index contributed by atoms with van der Waals surface area (Å²) in [6, 6.07) is 8.36. The number of hydrogen-bond acceptors (Lipinski definition) is 2. The number of carbonyl (C=O) groups is 1. The number of benzene rings is 1. The summed E-state index contributed by atoms with van der Waals surface area (Å²) in [7, 11) is 0. The van der Waals surface area contributed by atoms with Crippen LogP contribution in [0.2, 0.25) is 0 Å². The smallest absolute Gasteiger partial charge is 0.138 e. The van der Waals surface area contributed by atoms with E-state index >= 15 is 0 Å². The number of ketones is 1. The van der Waals surface area contributed by atoms with E-state index in [9.17, 15) is 4.79 Å². The third-order valence-corrected chi connectivity index (χ3v) is 5.38. The Labute approximate surface area is 135 Å². The molecule has 2 fully saturated rings. The average Bonchev–Trinajstić information content (AvgIpc) is 2.81. The van der Waals surface area contributed by atoms with Gasteiger partial charge in [0.15, 0.2) is 0 Å². The van der Waals surface area contributed by atoms with Gasteiger partial charge in [-0.05, 0) is 36.0 Å². The minimum Gasteiger partial charge on any atom is -0.369 e. The summed E-state index contributed by atoms with van der Waals surface area (Å²) < 4.78 is 7.51. The van der Waals surface area contributed by atoms with Gasteiger partial charge in [-0.1, -0.05) is 48.8 Å². The molecule has 0 spiro atoms. The first-order valence-electron chi connectivity index (χ1n) is 7.81. The van der Waals surface area contributed by atoms with Gasteiger partial charge in [-0.2, -0.15) is 0 Å². The van der Waals surface area contributed by atoms with Crippen molar-refractivity contribution in [3.8, 4) is 0 Å². The van der Waals surface area contributed by atoms with Crippen molar-refractivity contribution in [3.05, 3.63) is 34.3 Å². The van der Waals surface area contributed by atoms with Gasteiger partial charge < -0.3 is 4.74 Å². The molecule has 3 rings (SSSR count). The zero-order chi connectivity index (χ0) is 15.2. The molecule has 0 aromatic heterocycles. The van der Waals surface area contributed by atoms with Gasteiger partial charge in [0, 0.05) is 16.8 Å². The standard InChI is InChI=1S/C18H23BrO2/c1-18(2,3)17-15-13(5-4-6-14(15)20)16(21-17)11-7-9-12(19)10-8-11/h7-10,13,15-17H,4-6H2,1-3H3/t13-,15-,16-,17-/m0/s1. The molecule has 1 aromatic rings. The fourth-order valence-corrected chi connectivity index (χ4v) is 4.16. The molecule has 1 aliphatic carbocycles. The molecule has 21 heavy (non-hydrogen) atoms. The van der Waals surface area contributed by atoms with Crippen LogP contribution < -0.4 is 0 Å². The number of hydrogen-bond donors (Lipinski definition) is 0. The van der Waals surface area contributed by atoms with Crippen LogP contribution in [0.25, 0.3) is 0 Å². The van der Waals surface area contributed by atoms with Crippen LogP contribution in [-0.2, 0) is 9.53 Å². The van der Waals surface area contributed by atoms with Crippen LogP contribution in [0.5, 0.6) is 0 Å². The van der Waals surface area contributed by atoms with E-state index in [0.717, 1.165) is 23.7 Å². The van der Waals surface area contributed by atoms with Crippen LogP contribution in [0.4, 0.5) is 0 Å². The molecule has 0 N–H and O–H groups in total. The molecule has 1 saturated carbocycles. The lowest BCUT2D eigenvalue weighted by molar-refractivity contribution is -0.129. The number of Topliss-reactive ketones (excluding diaryl/α,β-unsaturated/α-hetero) is 1. The number of rotatable bonds is 1. The summed E-state index contributed by atoms with van der Waals surface area (Å²) in [5.41, 5.74) is 1.20. The molecule has 0 amide bonds. The summed E-state index contributed by atoms with van der Waals surface area (Å²) >= 11 is 3.48. The highest BCUT2D eigenvalue weighted by Gasteiger charge is 2.53. The SMILES string of the molecule is CC(C)(C)[C@H]1O[C@@H](c2ccc(Br)cc2)[C@H]2CCCC(=O)[C@H]21. The predicted molar refractivity (Wildman–Crippen MR) is 87.0 cm³/mol. The second-order valence-corrected chi connectivity index (χ2v) is 8.36. The molecule has 1 saturated heterocycles. The van der Waals surface area contributed by atoms with E-state index in [-0.39, 0.29) is 23.5 Å². The summed E-state index contributed by atoms with van der Waals surface area (Å²) in [4.78, 5) is 12.5. The van der Waals surface area contributed by atoms with E-state index in [2.05, 4.69) is 61.0 Å². The van der Waals surface area contributed by atoms with E-state index in [1.807, 2.05) is 0 Å². The van der Waals surface area contributed by atoms with Gasteiger partial charge in [-0.15, -0.1) is 0 Å². The normalized spacial score (nSPS) is 33.0. The van der Waals surface area contributed by atoms with Crippen molar-refractivity contribution in [1.82, 2.24) is 0 Å². The lowest BCUT2D eigenvalue weighted by Crippen LogP contribution is -2.39. The van der Waals surface area contributed by atoms with Gasteiger partial charge in [0.1, 0.15) is 5.78 Å². The van der Waals surface area contributed by atoms with Crippen LogP contribution >= 0.6 is 15.9 Å². The summed E-state index contributed by atoms with van der Waals surface area (Å²) in [6.07, 6.45) is 2.93. The Morgan fingerprint density at radius 2 is 1.86 bits per heavy atom. The van der Waals surface area contributed by atoms with Crippen molar-refractivity contribution >= 4 is 21.7 Å². The Balaban J connectivity index is 1.95. The molecular formula is C18H23BrO2. The molecule has 114 valence electrons. The van der Waals surface area contributed by atoms with Gasteiger partial charge in [0.25, 0.3) is 0 Å². The quantitative estimate of drug-likeness (QED) is 0.718. The molecule has 1 aliphatic heterocycles. The molecule has 1 aromatic carbocycles. The number of fused-ring (bicyclic) bond motifs is 1. The van der Waals surface area contributed by atoms with Gasteiger partial charge >= 0.3 is 0 Å².